The van der Waals surface area contributed by atoms with Crippen molar-refractivity contribution in [2.24, 2.45) is 47.3 Å². The summed E-state index contributed by atoms with van der Waals surface area (Å²) in [6.07, 6.45) is 11.7. The summed E-state index contributed by atoms with van der Waals surface area (Å²) in [4.78, 5) is 76.0. The third-order valence-electron chi connectivity index (χ3n) is 16.6. The molecule has 16 nitrogen and oxygen atoms in total. The first-order chi connectivity index (χ1) is 29.2. The second-order valence-electron chi connectivity index (χ2n) is 20.1. The quantitative estimate of drug-likeness (QED) is 0.252. The van der Waals surface area contributed by atoms with Gasteiger partial charge in [0, 0.05) is 43.6 Å². The Morgan fingerprint density at radius 2 is 1.36 bits per heavy atom. The molecular formula is C45H66N4O12. The number of ketones is 1. The average molecular weight is 855 g/mol. The summed E-state index contributed by atoms with van der Waals surface area (Å²) in [5, 5.41) is 12.2. The largest absolute Gasteiger partial charge is 0.389 e. The molecule has 1 aromatic heterocycles. The molecule has 8 saturated heterocycles. The fourth-order valence-corrected chi connectivity index (χ4v) is 13.1. The summed E-state index contributed by atoms with van der Waals surface area (Å²) < 4.78 is 27.0. The van der Waals surface area contributed by atoms with Crippen LogP contribution in [0.3, 0.4) is 0 Å². The Kier molecular flexibility index (Phi) is 11.9. The van der Waals surface area contributed by atoms with Crippen molar-refractivity contribution < 1.29 is 58.0 Å². The number of aromatic nitrogens is 2. The molecule has 10 fully saturated rings. The van der Waals surface area contributed by atoms with E-state index in [4.69, 9.17) is 38.5 Å². The number of fused-ring (bicyclic) bond motifs is 4. The first-order valence-electron chi connectivity index (χ1n) is 23.1. The molecule has 338 valence electrons. The van der Waals surface area contributed by atoms with Crippen LogP contribution < -0.4 is 5.32 Å². The fraction of sp³-hybridized carbons (Fsp3) is 0.844. The van der Waals surface area contributed by atoms with Crippen LogP contribution in [0.25, 0.3) is 0 Å². The maximum absolute atomic E-state index is 14.6. The third kappa shape index (κ3) is 7.47. The van der Waals surface area contributed by atoms with Crippen LogP contribution in [0.1, 0.15) is 129 Å². The molecule has 5 unspecified atom stereocenters. The Morgan fingerprint density at radius 3 is 1.90 bits per heavy atom. The van der Waals surface area contributed by atoms with Crippen LogP contribution in [0, 0.1) is 47.3 Å². The molecule has 2 spiro atoms. The van der Waals surface area contributed by atoms with Gasteiger partial charge in [0.1, 0.15) is 18.3 Å². The number of nitrogens with zero attached hydrogens (tertiary/aromatic N) is 3. The molecule has 8 aliphatic heterocycles. The summed E-state index contributed by atoms with van der Waals surface area (Å²) >= 11 is 0. The standard InChI is InChI=1S/C45H66N4O12/c1-25-9-11-32-27(3)36(54-40-44(32)30(25)15-17-42(5,56-40)58-60-44)8-7-21-49(39(53)34-23-46-19-20-47-34)35(38(52)48-22-29(51)24-50)13-14-37-28(4)33-12-10-26(2)31-16-18-43(6)57-41(55-37)45(31,33)61-59-43/h19-20,23,25-28,30-33,35-37,40-41,50H,7-18,21-22,24H2,1-6H3,(H,48,52)/t25-,26-,27-,28-,30?,31?,32?,33?,35?,36-,37-,40-,41-,42-,43-,44-,45-/m1/s1. The van der Waals surface area contributed by atoms with Gasteiger partial charge in [0.25, 0.3) is 5.91 Å². The number of hydrogen-bond acceptors (Lipinski definition) is 14. The molecule has 4 bridgehead atoms. The Bertz CT molecular complexity index is 1790. The number of carbonyl (C=O) groups excluding carboxylic acids is 3. The maximum Gasteiger partial charge on any atom is 0.274 e. The van der Waals surface area contributed by atoms with E-state index in [0.29, 0.717) is 37.5 Å². The molecule has 0 aromatic carbocycles. The minimum absolute atomic E-state index is 0.0263. The van der Waals surface area contributed by atoms with Crippen LogP contribution in [0.5, 0.6) is 0 Å². The van der Waals surface area contributed by atoms with Crippen LogP contribution in [0.2, 0.25) is 0 Å². The Labute approximate surface area is 358 Å². The predicted octanol–water partition coefficient (Wildman–Crippen LogP) is 5.03. The predicted molar refractivity (Wildman–Crippen MR) is 214 cm³/mol. The molecule has 2 amide bonds. The van der Waals surface area contributed by atoms with Crippen molar-refractivity contribution >= 4 is 17.6 Å². The highest BCUT2D eigenvalue weighted by atomic mass is 17.3. The third-order valence-corrected chi connectivity index (χ3v) is 16.6. The van der Waals surface area contributed by atoms with Crippen LogP contribution in [0.15, 0.2) is 18.6 Å². The van der Waals surface area contributed by atoms with Crippen molar-refractivity contribution in [2.45, 2.75) is 172 Å². The number of ether oxygens (including phenoxy) is 4. The molecule has 2 N–H and O–H groups in total. The molecule has 2 saturated carbocycles. The summed E-state index contributed by atoms with van der Waals surface area (Å²) in [6.45, 7) is 11.9. The number of Topliss-reactive ketones (excluding diaryl/α,β-unsaturated/α-hetero) is 1. The molecule has 2 aliphatic carbocycles. The maximum atomic E-state index is 14.6. The Morgan fingerprint density at radius 1 is 0.787 bits per heavy atom. The lowest BCUT2D eigenvalue weighted by molar-refractivity contribution is -0.571. The highest BCUT2D eigenvalue weighted by Crippen LogP contribution is 2.62. The van der Waals surface area contributed by atoms with E-state index in [-0.39, 0.29) is 72.9 Å². The van der Waals surface area contributed by atoms with Gasteiger partial charge in [-0.2, -0.15) is 0 Å². The zero-order valence-corrected chi connectivity index (χ0v) is 36.6. The summed E-state index contributed by atoms with van der Waals surface area (Å²) in [6, 6.07) is -1.00. The first kappa shape index (κ1) is 43.6. The zero-order valence-electron chi connectivity index (χ0n) is 36.6. The van der Waals surface area contributed by atoms with Gasteiger partial charge in [0.2, 0.25) is 17.5 Å². The Hall–Kier alpha value is -2.67. The van der Waals surface area contributed by atoms with Gasteiger partial charge in [0.15, 0.2) is 29.6 Å². The number of rotatable bonds is 13. The lowest BCUT2D eigenvalue weighted by atomic mass is 9.57. The van der Waals surface area contributed by atoms with Crippen molar-refractivity contribution in [1.29, 1.82) is 0 Å². The molecule has 9 heterocycles. The number of carbonyl (C=O) groups is 3. The molecule has 1 aromatic rings. The number of nitrogens with one attached hydrogen (secondary N) is 1. The second kappa shape index (κ2) is 16.7. The van der Waals surface area contributed by atoms with Gasteiger partial charge < -0.3 is 34.3 Å². The SMILES string of the molecule is C[C@@H]1CCC2[C@@H](C)[C@@H](CCCN(C(=O)c3cnccn3)C(CC[C@H]3O[C@@H]4O[C@@]5(C)CCC6[C@H](C)CCC([C@H]3C)[C@]64OO5)C(=O)NCC(=O)CO)O[C@@H]3O[C@@]4(C)CCC1[C@@]23OO4. The first-order valence-corrected chi connectivity index (χ1v) is 23.1. The molecule has 10 aliphatic rings. The number of hydrogen-bond donors (Lipinski definition) is 2. The molecule has 17 atom stereocenters. The fourth-order valence-electron chi connectivity index (χ4n) is 13.1. The van der Waals surface area contributed by atoms with Gasteiger partial charge in [-0.25, -0.2) is 24.5 Å². The van der Waals surface area contributed by atoms with Crippen molar-refractivity contribution in [3.8, 4) is 0 Å². The molecule has 11 rings (SSSR count). The number of amides is 2. The smallest absolute Gasteiger partial charge is 0.274 e. The highest BCUT2D eigenvalue weighted by molar-refractivity contribution is 5.96. The van der Waals surface area contributed by atoms with Crippen LogP contribution >= 0.6 is 0 Å². The van der Waals surface area contributed by atoms with E-state index in [1.807, 2.05) is 13.8 Å². The molecule has 16 heteroatoms. The topological polar surface area (TPSA) is 186 Å². The second-order valence-corrected chi connectivity index (χ2v) is 20.1. The minimum Gasteiger partial charge on any atom is -0.389 e. The van der Waals surface area contributed by atoms with Crippen LogP contribution in [-0.4, -0.2) is 111 Å². The minimum atomic E-state index is -1.00. The molecular weight excluding hydrogens is 789 g/mol. The van der Waals surface area contributed by atoms with E-state index in [0.717, 1.165) is 44.9 Å². The van der Waals surface area contributed by atoms with Gasteiger partial charge in [-0.05, 0) is 114 Å². The van der Waals surface area contributed by atoms with Crippen molar-refractivity contribution in [2.75, 3.05) is 19.7 Å². The lowest BCUT2D eigenvalue weighted by Gasteiger charge is -2.60. The summed E-state index contributed by atoms with van der Waals surface area (Å²) in [5.41, 5.74) is -1.31. The summed E-state index contributed by atoms with van der Waals surface area (Å²) in [5.74, 6) is -1.59. The van der Waals surface area contributed by atoms with E-state index in [9.17, 15) is 19.5 Å². The monoisotopic (exact) mass is 854 g/mol. The summed E-state index contributed by atoms with van der Waals surface area (Å²) in [7, 11) is 0. The number of aliphatic hydroxyl groups is 1. The van der Waals surface area contributed by atoms with E-state index in [1.54, 1.807) is 4.90 Å². The van der Waals surface area contributed by atoms with Crippen molar-refractivity contribution in [3.05, 3.63) is 24.3 Å². The van der Waals surface area contributed by atoms with E-state index < -0.39 is 65.6 Å². The average Bonchev–Trinajstić information content (AvgIpc) is 3.63. The lowest BCUT2D eigenvalue weighted by Crippen LogP contribution is -2.70. The van der Waals surface area contributed by atoms with E-state index in [1.165, 1.54) is 18.6 Å². The Balaban J connectivity index is 0.961. The van der Waals surface area contributed by atoms with Crippen molar-refractivity contribution in [3.63, 3.8) is 0 Å². The van der Waals surface area contributed by atoms with Gasteiger partial charge in [-0.3, -0.25) is 19.4 Å². The normalized spacial score (nSPS) is 45.1. The molecule has 0 radical (unpaired) electrons. The van der Waals surface area contributed by atoms with E-state index in [2.05, 4.69) is 43.0 Å². The van der Waals surface area contributed by atoms with Gasteiger partial charge in [-0.1, -0.05) is 27.7 Å². The van der Waals surface area contributed by atoms with Gasteiger partial charge in [-0.15, -0.1) is 0 Å². The number of aliphatic hydroxyl groups excluding tert-OH is 1. The van der Waals surface area contributed by atoms with E-state index >= 15 is 0 Å². The van der Waals surface area contributed by atoms with Crippen molar-refractivity contribution in [1.82, 2.24) is 20.2 Å². The highest BCUT2D eigenvalue weighted by Gasteiger charge is 2.70. The van der Waals surface area contributed by atoms with Gasteiger partial charge in [0.05, 0.1) is 24.9 Å². The zero-order chi connectivity index (χ0) is 42.9. The van der Waals surface area contributed by atoms with Crippen LogP contribution in [-0.2, 0) is 48.1 Å². The molecule has 61 heavy (non-hydrogen) atoms. The van der Waals surface area contributed by atoms with Gasteiger partial charge >= 0.3 is 0 Å². The van der Waals surface area contributed by atoms with Crippen LogP contribution in [0.4, 0.5) is 0 Å².